The monoisotopic (exact) mass is 321 g/mol. The van der Waals surface area contributed by atoms with E-state index in [2.05, 4.69) is 15.9 Å². The Morgan fingerprint density at radius 3 is 2.50 bits per heavy atom. The van der Waals surface area contributed by atoms with Crippen LogP contribution in [0.1, 0.15) is 11.1 Å². The van der Waals surface area contributed by atoms with Crippen LogP contribution in [0.25, 0.3) is 0 Å². The van der Waals surface area contributed by atoms with E-state index >= 15 is 0 Å². The Kier molecular flexibility index (Phi) is 4.33. The summed E-state index contributed by atoms with van der Waals surface area (Å²) in [5, 5.41) is 0. The van der Waals surface area contributed by atoms with Crippen LogP contribution < -0.4 is 10.5 Å². The molecule has 2 aromatic rings. The number of ether oxygens (including phenoxy) is 1. The van der Waals surface area contributed by atoms with Gasteiger partial charge in [-0.3, -0.25) is 0 Å². The third-order valence-electron chi connectivity index (χ3n) is 2.43. The van der Waals surface area contributed by atoms with Gasteiger partial charge in [-0.1, -0.05) is 40.3 Å². The summed E-state index contributed by atoms with van der Waals surface area (Å²) in [5.74, 6) is 0.801. The second-order valence-corrected chi connectivity index (χ2v) is 5.16. The number of hydrogen-bond acceptors (Lipinski definition) is 2. The number of rotatable bonds is 4. The fourth-order valence-electron chi connectivity index (χ4n) is 1.51. The van der Waals surface area contributed by atoms with Gasteiger partial charge in [0.1, 0.15) is 17.3 Å². The Morgan fingerprint density at radius 2 is 1.89 bits per heavy atom. The molecule has 0 atom stereocenters. The topological polar surface area (TPSA) is 35.2 Å². The van der Waals surface area contributed by atoms with Gasteiger partial charge in [0, 0.05) is 10.0 Å². The summed E-state index contributed by atoms with van der Waals surface area (Å²) in [4.78, 5) is 0.397. The Labute approximate surface area is 120 Å². The Bertz CT molecular complexity index is 554. The lowest BCUT2D eigenvalue weighted by Gasteiger charge is -2.07. The van der Waals surface area contributed by atoms with Crippen LogP contribution in [0.4, 0.5) is 0 Å². The first-order valence-corrected chi connectivity index (χ1v) is 6.62. The lowest BCUT2D eigenvalue weighted by atomic mass is 10.2. The molecule has 0 bridgehead atoms. The molecule has 0 amide bonds. The molecule has 0 saturated heterocycles. The number of nitrogens with two attached hydrogens (primary N) is 1. The maximum atomic E-state index is 5.68. The van der Waals surface area contributed by atoms with Gasteiger partial charge in [-0.2, -0.15) is 0 Å². The molecule has 2 aromatic carbocycles. The minimum absolute atomic E-state index is 0.397. The average Bonchev–Trinajstić information content (AvgIpc) is 2.37. The Hall–Kier alpha value is -1.39. The molecule has 0 radical (unpaired) electrons. The summed E-state index contributed by atoms with van der Waals surface area (Å²) in [7, 11) is 0. The fraction of sp³-hybridized carbons (Fsp3) is 0.0714. The molecule has 2 N–H and O–H groups in total. The van der Waals surface area contributed by atoms with Crippen molar-refractivity contribution in [3.05, 3.63) is 64.1 Å². The zero-order valence-electron chi connectivity index (χ0n) is 9.60. The summed E-state index contributed by atoms with van der Waals surface area (Å²) >= 11 is 8.32. The van der Waals surface area contributed by atoms with Gasteiger partial charge < -0.3 is 10.5 Å². The van der Waals surface area contributed by atoms with Crippen LogP contribution in [-0.4, -0.2) is 4.99 Å². The minimum atomic E-state index is 0.397. The smallest absolute Gasteiger partial charge is 0.119 e. The van der Waals surface area contributed by atoms with Crippen LogP contribution in [0, 0.1) is 0 Å². The van der Waals surface area contributed by atoms with Crippen LogP contribution in [0.15, 0.2) is 53.0 Å². The molecule has 0 aromatic heterocycles. The predicted molar refractivity (Wildman–Crippen MR) is 80.8 cm³/mol. The van der Waals surface area contributed by atoms with E-state index in [9.17, 15) is 0 Å². The van der Waals surface area contributed by atoms with E-state index in [1.807, 2.05) is 48.5 Å². The van der Waals surface area contributed by atoms with Gasteiger partial charge in [-0.15, -0.1) is 0 Å². The second kappa shape index (κ2) is 5.98. The second-order valence-electron chi connectivity index (χ2n) is 3.81. The zero-order chi connectivity index (χ0) is 13.0. The fourth-order valence-corrected chi connectivity index (χ4v) is 2.09. The predicted octanol–water partition coefficient (Wildman–Crippen LogP) is 3.66. The minimum Gasteiger partial charge on any atom is -0.489 e. The lowest BCUT2D eigenvalue weighted by molar-refractivity contribution is 0.306. The van der Waals surface area contributed by atoms with Crippen molar-refractivity contribution in [2.24, 2.45) is 5.73 Å². The highest BCUT2D eigenvalue weighted by molar-refractivity contribution is 9.10. The summed E-state index contributed by atoms with van der Waals surface area (Å²) in [6.07, 6.45) is 0. The largest absolute Gasteiger partial charge is 0.489 e. The number of thiocarbonyl (C=S) groups is 1. The van der Waals surface area contributed by atoms with Gasteiger partial charge in [0.05, 0.1) is 0 Å². The van der Waals surface area contributed by atoms with Crippen molar-refractivity contribution < 1.29 is 4.74 Å². The van der Waals surface area contributed by atoms with Crippen molar-refractivity contribution in [2.45, 2.75) is 6.61 Å². The van der Waals surface area contributed by atoms with Gasteiger partial charge in [-0.25, -0.2) is 0 Å². The van der Waals surface area contributed by atoms with Gasteiger partial charge in [0.25, 0.3) is 0 Å². The Morgan fingerprint density at radius 1 is 1.17 bits per heavy atom. The first-order chi connectivity index (χ1) is 8.65. The van der Waals surface area contributed by atoms with E-state index < -0.39 is 0 Å². The highest BCUT2D eigenvalue weighted by Crippen LogP contribution is 2.16. The molecule has 0 spiro atoms. The van der Waals surface area contributed by atoms with Crippen molar-refractivity contribution in [3.8, 4) is 5.75 Å². The average molecular weight is 322 g/mol. The van der Waals surface area contributed by atoms with Crippen molar-refractivity contribution in [3.63, 3.8) is 0 Å². The molecule has 2 nitrogen and oxygen atoms in total. The van der Waals surface area contributed by atoms with Crippen molar-refractivity contribution in [1.29, 1.82) is 0 Å². The van der Waals surface area contributed by atoms with Crippen molar-refractivity contribution in [2.75, 3.05) is 0 Å². The molecule has 0 saturated carbocycles. The Balaban J connectivity index is 2.00. The molecule has 0 unspecified atom stereocenters. The molecule has 0 aliphatic rings. The number of hydrogen-bond donors (Lipinski definition) is 1. The third kappa shape index (κ3) is 3.55. The molecular formula is C14H12BrNOS. The van der Waals surface area contributed by atoms with Crippen LogP contribution in [0.5, 0.6) is 5.75 Å². The van der Waals surface area contributed by atoms with E-state index in [1.54, 1.807) is 0 Å². The van der Waals surface area contributed by atoms with Gasteiger partial charge in [-0.05, 0) is 42.0 Å². The third-order valence-corrected chi connectivity index (χ3v) is 3.16. The van der Waals surface area contributed by atoms with Crippen LogP contribution in [0.2, 0.25) is 0 Å². The maximum absolute atomic E-state index is 5.68. The van der Waals surface area contributed by atoms with E-state index in [0.717, 1.165) is 21.3 Å². The molecule has 4 heteroatoms. The standard InChI is InChI=1S/C14H12BrNOS/c15-12-3-1-2-10(8-12)9-17-13-6-4-11(5-7-13)14(16)18/h1-8H,9H2,(H2,16,18). The molecule has 92 valence electrons. The van der Waals surface area contributed by atoms with E-state index in [0.29, 0.717) is 11.6 Å². The van der Waals surface area contributed by atoms with Gasteiger partial charge in [0.2, 0.25) is 0 Å². The normalized spacial score (nSPS) is 10.1. The first-order valence-electron chi connectivity index (χ1n) is 5.42. The molecule has 0 aliphatic carbocycles. The number of halogens is 1. The zero-order valence-corrected chi connectivity index (χ0v) is 12.0. The van der Waals surface area contributed by atoms with Crippen molar-refractivity contribution >= 4 is 33.1 Å². The first kappa shape index (κ1) is 13.1. The summed E-state index contributed by atoms with van der Waals surface area (Å²) in [5.41, 5.74) is 7.49. The van der Waals surface area contributed by atoms with Gasteiger partial charge >= 0.3 is 0 Å². The van der Waals surface area contributed by atoms with Gasteiger partial charge in [0.15, 0.2) is 0 Å². The lowest BCUT2D eigenvalue weighted by Crippen LogP contribution is -2.08. The van der Waals surface area contributed by atoms with E-state index in [1.165, 1.54) is 0 Å². The maximum Gasteiger partial charge on any atom is 0.119 e. The quantitative estimate of drug-likeness (QED) is 0.873. The van der Waals surface area contributed by atoms with E-state index in [-0.39, 0.29) is 0 Å². The summed E-state index contributed by atoms with van der Waals surface area (Å²) < 4.78 is 6.73. The molecule has 18 heavy (non-hydrogen) atoms. The molecular weight excluding hydrogens is 310 g/mol. The van der Waals surface area contributed by atoms with Crippen LogP contribution in [0.3, 0.4) is 0 Å². The highest BCUT2D eigenvalue weighted by Gasteiger charge is 1.99. The molecule has 0 fully saturated rings. The molecule has 2 rings (SSSR count). The SMILES string of the molecule is NC(=S)c1ccc(OCc2cccc(Br)c2)cc1. The number of benzene rings is 2. The highest BCUT2D eigenvalue weighted by atomic mass is 79.9. The molecule has 0 aliphatic heterocycles. The summed E-state index contributed by atoms with van der Waals surface area (Å²) in [6.45, 7) is 0.534. The summed E-state index contributed by atoms with van der Waals surface area (Å²) in [6, 6.07) is 15.5. The van der Waals surface area contributed by atoms with E-state index in [4.69, 9.17) is 22.7 Å². The van der Waals surface area contributed by atoms with Crippen LogP contribution >= 0.6 is 28.1 Å². The molecule has 0 heterocycles. The van der Waals surface area contributed by atoms with Crippen molar-refractivity contribution in [1.82, 2.24) is 0 Å². The van der Waals surface area contributed by atoms with Crippen LogP contribution in [-0.2, 0) is 6.61 Å².